The Balaban J connectivity index is 1.57. The highest BCUT2D eigenvalue weighted by Crippen LogP contribution is 2.26. The molecule has 8 heteroatoms. The van der Waals surface area contributed by atoms with E-state index >= 15 is 0 Å². The fraction of sp³-hybridized carbons (Fsp3) is 0.368. The number of hydrogen-bond donors (Lipinski definition) is 1. The maximum absolute atomic E-state index is 12.4. The first-order valence-electron chi connectivity index (χ1n) is 8.66. The van der Waals surface area contributed by atoms with Crippen molar-refractivity contribution in [3.63, 3.8) is 0 Å². The van der Waals surface area contributed by atoms with Crippen LogP contribution in [0.4, 0.5) is 0 Å². The second-order valence-electron chi connectivity index (χ2n) is 7.14. The van der Waals surface area contributed by atoms with Crippen LogP contribution in [-0.2, 0) is 10.3 Å². The number of carbonyl (C=O) groups excluding carboxylic acids is 1. The van der Waals surface area contributed by atoms with Gasteiger partial charge < -0.3 is 9.88 Å². The van der Waals surface area contributed by atoms with Gasteiger partial charge in [-0.3, -0.25) is 9.78 Å². The number of imidazole rings is 1. The molecule has 3 aromatic rings. The molecule has 0 aliphatic rings. The minimum absolute atomic E-state index is 0.0333. The molecule has 0 radical (unpaired) electrons. The summed E-state index contributed by atoms with van der Waals surface area (Å²) in [6.07, 6.45) is 7.24. The average molecular weight is 402 g/mol. The summed E-state index contributed by atoms with van der Waals surface area (Å²) in [5.41, 5.74) is 1.79. The molecule has 1 amide bonds. The monoisotopic (exact) mass is 401 g/mol. The number of nitrogens with zero attached hydrogens (tertiary/aromatic N) is 4. The molecule has 0 saturated carbocycles. The number of amides is 1. The van der Waals surface area contributed by atoms with Gasteiger partial charge in [0.15, 0.2) is 5.16 Å². The minimum atomic E-state index is -0.143. The van der Waals surface area contributed by atoms with Crippen LogP contribution in [-0.4, -0.2) is 31.2 Å². The molecular formula is C19H23N5OS2. The van der Waals surface area contributed by atoms with E-state index in [0.29, 0.717) is 5.75 Å². The molecule has 0 aromatic carbocycles. The second kappa shape index (κ2) is 8.22. The molecule has 1 unspecified atom stereocenters. The summed E-state index contributed by atoms with van der Waals surface area (Å²) in [5, 5.41) is 6.73. The second-order valence-corrected chi connectivity index (χ2v) is 8.97. The van der Waals surface area contributed by atoms with Crippen LogP contribution < -0.4 is 5.32 Å². The summed E-state index contributed by atoms with van der Waals surface area (Å²) in [4.78, 5) is 25.5. The van der Waals surface area contributed by atoms with E-state index < -0.39 is 0 Å². The van der Waals surface area contributed by atoms with Crippen molar-refractivity contribution in [1.29, 1.82) is 0 Å². The highest BCUT2D eigenvalue weighted by molar-refractivity contribution is 7.99. The Kier molecular flexibility index (Phi) is 5.96. The quantitative estimate of drug-likeness (QED) is 0.629. The van der Waals surface area contributed by atoms with Crippen LogP contribution in [0, 0.1) is 0 Å². The first-order valence-corrected chi connectivity index (χ1v) is 10.5. The molecule has 0 aliphatic heterocycles. The SMILES string of the molecule is CC(NC(=O)CSc1nccn1C(C)(C)C)c1nc(-c2cccnc2)cs1. The lowest BCUT2D eigenvalue weighted by molar-refractivity contribution is -0.119. The van der Waals surface area contributed by atoms with Crippen LogP contribution in [0.25, 0.3) is 11.3 Å². The summed E-state index contributed by atoms with van der Waals surface area (Å²) < 4.78 is 2.08. The van der Waals surface area contributed by atoms with Crippen LogP contribution in [0.15, 0.2) is 47.5 Å². The number of thioether (sulfide) groups is 1. The smallest absolute Gasteiger partial charge is 0.231 e. The normalized spacial score (nSPS) is 12.7. The molecule has 27 heavy (non-hydrogen) atoms. The fourth-order valence-electron chi connectivity index (χ4n) is 2.52. The Morgan fingerprint density at radius 3 is 2.89 bits per heavy atom. The van der Waals surface area contributed by atoms with Crippen LogP contribution in [0.3, 0.4) is 0 Å². The van der Waals surface area contributed by atoms with Crippen LogP contribution in [0.5, 0.6) is 0 Å². The molecule has 3 aromatic heterocycles. The zero-order valence-corrected chi connectivity index (χ0v) is 17.5. The van der Waals surface area contributed by atoms with E-state index in [9.17, 15) is 4.79 Å². The Morgan fingerprint density at radius 2 is 2.19 bits per heavy atom. The predicted octanol–water partition coefficient (Wildman–Crippen LogP) is 4.13. The van der Waals surface area contributed by atoms with Gasteiger partial charge in [-0.05, 0) is 39.8 Å². The van der Waals surface area contributed by atoms with E-state index in [0.717, 1.165) is 21.4 Å². The van der Waals surface area contributed by atoms with Gasteiger partial charge in [-0.2, -0.15) is 0 Å². The molecule has 0 fully saturated rings. The molecule has 1 N–H and O–H groups in total. The summed E-state index contributed by atoms with van der Waals surface area (Å²) in [5.74, 6) is 0.284. The van der Waals surface area contributed by atoms with E-state index in [1.54, 1.807) is 18.6 Å². The molecular weight excluding hydrogens is 378 g/mol. The van der Waals surface area contributed by atoms with Crippen LogP contribution in [0.1, 0.15) is 38.7 Å². The highest BCUT2D eigenvalue weighted by atomic mass is 32.2. The zero-order chi connectivity index (χ0) is 19.4. The number of pyridine rings is 1. The molecule has 142 valence electrons. The van der Waals surface area contributed by atoms with Crippen LogP contribution >= 0.6 is 23.1 Å². The van der Waals surface area contributed by atoms with E-state index in [-0.39, 0.29) is 17.5 Å². The minimum Gasteiger partial charge on any atom is -0.346 e. The first-order chi connectivity index (χ1) is 12.8. The van der Waals surface area contributed by atoms with Crippen molar-refractivity contribution in [1.82, 2.24) is 24.8 Å². The average Bonchev–Trinajstić information content (AvgIpc) is 3.30. The van der Waals surface area contributed by atoms with Crippen molar-refractivity contribution < 1.29 is 4.79 Å². The van der Waals surface area contributed by atoms with Gasteiger partial charge >= 0.3 is 0 Å². The van der Waals surface area contributed by atoms with Crippen molar-refractivity contribution in [2.24, 2.45) is 0 Å². The van der Waals surface area contributed by atoms with Gasteiger partial charge in [0, 0.05) is 41.3 Å². The van der Waals surface area contributed by atoms with E-state index in [4.69, 9.17) is 0 Å². The molecule has 0 aliphatic carbocycles. The van der Waals surface area contributed by atoms with Gasteiger partial charge in [-0.1, -0.05) is 11.8 Å². The van der Waals surface area contributed by atoms with Crippen molar-refractivity contribution in [3.05, 3.63) is 47.3 Å². The molecule has 3 heterocycles. The maximum Gasteiger partial charge on any atom is 0.231 e. The fourth-order valence-corrected chi connectivity index (χ4v) is 4.30. The van der Waals surface area contributed by atoms with E-state index in [2.05, 4.69) is 45.6 Å². The standard InChI is InChI=1S/C19H23N5OS2/c1-13(17-23-15(11-26-17)14-6-5-7-20-10-14)22-16(25)12-27-18-21-8-9-24(18)19(2,3)4/h5-11,13H,12H2,1-4H3,(H,22,25). The Bertz CT molecular complexity index is 898. The van der Waals surface area contributed by atoms with E-state index in [1.165, 1.54) is 23.1 Å². The topological polar surface area (TPSA) is 72.7 Å². The van der Waals surface area contributed by atoms with Crippen molar-refractivity contribution in [2.75, 3.05) is 5.75 Å². The molecule has 0 saturated heterocycles. The molecule has 1 atom stereocenters. The van der Waals surface area contributed by atoms with Crippen molar-refractivity contribution in [3.8, 4) is 11.3 Å². The lowest BCUT2D eigenvalue weighted by Crippen LogP contribution is -2.28. The van der Waals surface area contributed by atoms with Gasteiger partial charge in [0.2, 0.25) is 5.91 Å². The van der Waals surface area contributed by atoms with Gasteiger partial charge in [-0.25, -0.2) is 9.97 Å². The number of hydrogen-bond acceptors (Lipinski definition) is 6. The van der Waals surface area contributed by atoms with Gasteiger partial charge in [0.1, 0.15) is 5.01 Å². The summed E-state index contributed by atoms with van der Waals surface area (Å²) >= 11 is 2.98. The number of nitrogens with one attached hydrogen (secondary N) is 1. The van der Waals surface area contributed by atoms with E-state index in [1.807, 2.05) is 30.6 Å². The first kappa shape index (κ1) is 19.6. The third-order valence-corrected chi connectivity index (χ3v) is 5.88. The van der Waals surface area contributed by atoms with Crippen molar-refractivity contribution in [2.45, 2.75) is 44.4 Å². The molecule has 0 bridgehead atoms. The molecule has 0 spiro atoms. The molecule has 3 rings (SSSR count). The van der Waals surface area contributed by atoms with Crippen molar-refractivity contribution >= 4 is 29.0 Å². The Morgan fingerprint density at radius 1 is 1.37 bits per heavy atom. The highest BCUT2D eigenvalue weighted by Gasteiger charge is 2.19. The van der Waals surface area contributed by atoms with Crippen LogP contribution in [0.2, 0.25) is 0 Å². The van der Waals surface area contributed by atoms with Gasteiger partial charge in [0.25, 0.3) is 0 Å². The predicted molar refractivity (Wildman–Crippen MR) is 110 cm³/mol. The third-order valence-electron chi connectivity index (χ3n) is 3.89. The Labute approximate surface area is 167 Å². The number of rotatable bonds is 6. The largest absolute Gasteiger partial charge is 0.346 e. The molecule has 6 nitrogen and oxygen atoms in total. The number of aromatic nitrogens is 4. The van der Waals surface area contributed by atoms with Gasteiger partial charge in [0.05, 0.1) is 17.5 Å². The lowest BCUT2D eigenvalue weighted by Gasteiger charge is -2.22. The van der Waals surface area contributed by atoms with Gasteiger partial charge in [-0.15, -0.1) is 11.3 Å². The summed E-state index contributed by atoms with van der Waals surface area (Å²) in [6.45, 7) is 8.29. The maximum atomic E-state index is 12.4. The number of carbonyl (C=O) groups is 1. The number of thiazole rings is 1. The summed E-state index contributed by atoms with van der Waals surface area (Å²) in [7, 11) is 0. The summed E-state index contributed by atoms with van der Waals surface area (Å²) in [6, 6.07) is 3.72. The lowest BCUT2D eigenvalue weighted by atomic mass is 10.1. The zero-order valence-electron chi connectivity index (χ0n) is 15.8. The Hall–Kier alpha value is -2.19. The third kappa shape index (κ3) is 4.95.